The summed E-state index contributed by atoms with van der Waals surface area (Å²) < 4.78 is 3.61. The van der Waals surface area contributed by atoms with Crippen LogP contribution in [0.1, 0.15) is 101 Å². The van der Waals surface area contributed by atoms with Crippen molar-refractivity contribution in [2.45, 2.75) is 90.4 Å². The van der Waals surface area contributed by atoms with Gasteiger partial charge in [0.25, 0.3) is 5.01 Å². The Labute approximate surface area is 218 Å². The third-order valence-corrected chi connectivity index (χ3v) is 8.31. The minimum Gasteiger partial charge on any atom is -0.375 e. The van der Waals surface area contributed by atoms with Crippen LogP contribution in [0, 0.1) is 0 Å². The van der Waals surface area contributed by atoms with Gasteiger partial charge in [0, 0.05) is 31.4 Å². The molecule has 0 radical (unpaired) electrons. The predicted molar refractivity (Wildman–Crippen MR) is 157 cm³/mol. The average molecular weight is 492 g/mol. The van der Waals surface area contributed by atoms with Gasteiger partial charge >= 0.3 is 0 Å². The first-order valence-corrected chi connectivity index (χ1v) is 14.9. The molecule has 0 bridgehead atoms. The van der Waals surface area contributed by atoms with E-state index in [0.717, 1.165) is 6.54 Å². The molecule has 0 amide bonds. The van der Waals surface area contributed by atoms with Gasteiger partial charge in [-0.25, -0.2) is 0 Å². The Morgan fingerprint density at radius 3 is 1.89 bits per heavy atom. The van der Waals surface area contributed by atoms with Crippen LogP contribution < -0.4 is 9.47 Å². The number of anilines is 1. The highest BCUT2D eigenvalue weighted by molar-refractivity contribution is 7.18. The average Bonchev–Trinajstić information content (AvgIpc) is 3.21. The third-order valence-electron chi connectivity index (χ3n) is 7.12. The number of thiazole rings is 1. The highest BCUT2D eigenvalue weighted by Crippen LogP contribution is 2.22. The van der Waals surface area contributed by atoms with Gasteiger partial charge in [-0.1, -0.05) is 120 Å². The first-order valence-electron chi connectivity index (χ1n) is 14.1. The molecule has 0 saturated heterocycles. The van der Waals surface area contributed by atoms with Crippen LogP contribution in [0.2, 0.25) is 0 Å². The van der Waals surface area contributed by atoms with Crippen LogP contribution in [0.5, 0.6) is 0 Å². The van der Waals surface area contributed by atoms with E-state index in [1.54, 1.807) is 0 Å². The Balaban J connectivity index is 1.28. The molecule has 1 heterocycles. The molecule has 0 aliphatic heterocycles. The highest BCUT2D eigenvalue weighted by Gasteiger charge is 2.13. The van der Waals surface area contributed by atoms with Gasteiger partial charge in [-0.05, 0) is 36.3 Å². The fourth-order valence-electron chi connectivity index (χ4n) is 4.77. The zero-order valence-corrected chi connectivity index (χ0v) is 23.3. The molecule has 0 fully saturated rings. The molecule has 3 aromatic rings. The Morgan fingerprint density at radius 2 is 1.29 bits per heavy atom. The molecule has 0 unspecified atom stereocenters. The van der Waals surface area contributed by atoms with Gasteiger partial charge in [-0.15, -0.1) is 0 Å². The van der Waals surface area contributed by atoms with Crippen molar-refractivity contribution in [3.8, 4) is 0 Å². The largest absolute Gasteiger partial charge is 0.375 e. The lowest BCUT2D eigenvalue weighted by Gasteiger charge is -2.19. The van der Waals surface area contributed by atoms with E-state index in [-0.39, 0.29) is 0 Å². The summed E-state index contributed by atoms with van der Waals surface area (Å²) in [6.45, 7) is 3.44. The molecular weight excluding hydrogens is 444 g/mol. The maximum absolute atomic E-state index is 2.40. The molecule has 3 heteroatoms. The zero-order valence-electron chi connectivity index (χ0n) is 22.5. The summed E-state index contributed by atoms with van der Waals surface area (Å²) >= 11 is 1.84. The quantitative estimate of drug-likeness (QED) is 0.135. The smallest absolute Gasteiger partial charge is 0.262 e. The number of benzene rings is 2. The number of aryl methyl sites for hydroxylation is 1. The summed E-state index contributed by atoms with van der Waals surface area (Å²) in [7, 11) is 4.37. The molecule has 0 saturated carbocycles. The van der Waals surface area contributed by atoms with Gasteiger partial charge in [0.1, 0.15) is 11.7 Å². The number of para-hydroxylation sites is 1. The summed E-state index contributed by atoms with van der Waals surface area (Å²) in [5.41, 5.74) is 3.86. The summed E-state index contributed by atoms with van der Waals surface area (Å²) in [6.07, 6.45) is 22.8. The van der Waals surface area contributed by atoms with Crippen LogP contribution >= 0.6 is 11.3 Å². The van der Waals surface area contributed by atoms with Crippen molar-refractivity contribution in [2.24, 2.45) is 7.05 Å². The van der Waals surface area contributed by atoms with E-state index in [0.29, 0.717) is 0 Å². The summed E-state index contributed by atoms with van der Waals surface area (Å²) in [4.78, 5) is 2.40. The van der Waals surface area contributed by atoms with Gasteiger partial charge < -0.3 is 4.90 Å². The Bertz CT molecular complexity index is 1000. The number of fused-ring (bicyclic) bond motifs is 1. The highest BCUT2D eigenvalue weighted by atomic mass is 32.1. The van der Waals surface area contributed by atoms with Crippen molar-refractivity contribution >= 4 is 39.4 Å². The zero-order chi connectivity index (χ0) is 24.7. The number of aromatic nitrogens is 1. The van der Waals surface area contributed by atoms with Crippen LogP contribution in [0.15, 0.2) is 48.5 Å². The van der Waals surface area contributed by atoms with E-state index in [1.165, 1.54) is 110 Å². The monoisotopic (exact) mass is 491 g/mol. The van der Waals surface area contributed by atoms with Crippen molar-refractivity contribution in [1.82, 2.24) is 0 Å². The molecule has 1 aromatic heterocycles. The Morgan fingerprint density at radius 1 is 0.714 bits per heavy atom. The number of hydrogen-bond acceptors (Lipinski definition) is 2. The van der Waals surface area contributed by atoms with Gasteiger partial charge in [0.2, 0.25) is 5.52 Å². The normalized spacial score (nSPS) is 11.6. The topological polar surface area (TPSA) is 7.12 Å². The first kappa shape index (κ1) is 27.5. The minimum atomic E-state index is 1.14. The summed E-state index contributed by atoms with van der Waals surface area (Å²) in [5, 5.41) is 1.27. The molecule has 0 atom stereocenters. The van der Waals surface area contributed by atoms with Gasteiger partial charge in [-0.3, -0.25) is 0 Å². The van der Waals surface area contributed by atoms with Crippen LogP contribution in [-0.2, 0) is 7.05 Å². The molecule has 3 rings (SSSR count). The number of unbranched alkanes of at least 4 members (excludes halogenated alkanes) is 12. The molecule has 0 aliphatic rings. The van der Waals surface area contributed by atoms with Crippen molar-refractivity contribution in [1.29, 1.82) is 0 Å². The van der Waals surface area contributed by atoms with Crippen LogP contribution in [-0.4, -0.2) is 13.6 Å². The van der Waals surface area contributed by atoms with Crippen molar-refractivity contribution in [3.05, 3.63) is 59.1 Å². The summed E-state index contributed by atoms with van der Waals surface area (Å²) in [6, 6.07) is 17.6. The van der Waals surface area contributed by atoms with E-state index >= 15 is 0 Å². The SMILES string of the molecule is CCCCCCCCCCCCCCCN(C)c1ccc(/C=C/c2sc3ccccc3[n+]2C)cc1. The van der Waals surface area contributed by atoms with Crippen molar-refractivity contribution in [2.75, 3.05) is 18.5 Å². The molecule has 0 spiro atoms. The number of nitrogens with zero attached hydrogens (tertiary/aromatic N) is 2. The predicted octanol–water partition coefficient (Wildman–Crippen LogP) is 9.42. The van der Waals surface area contributed by atoms with E-state index in [9.17, 15) is 0 Å². The lowest BCUT2D eigenvalue weighted by Crippen LogP contribution is -2.28. The summed E-state index contributed by atoms with van der Waals surface area (Å²) in [5.74, 6) is 0. The van der Waals surface area contributed by atoms with Crippen LogP contribution in [0.3, 0.4) is 0 Å². The Hall–Kier alpha value is -2.13. The molecule has 0 aliphatic carbocycles. The molecule has 35 heavy (non-hydrogen) atoms. The van der Waals surface area contributed by atoms with Crippen LogP contribution in [0.25, 0.3) is 22.4 Å². The second-order valence-corrected chi connectivity index (χ2v) is 11.1. The molecular formula is C32H47N2S+. The van der Waals surface area contributed by atoms with Crippen molar-refractivity contribution < 1.29 is 4.57 Å². The third kappa shape index (κ3) is 9.44. The van der Waals surface area contributed by atoms with Gasteiger partial charge in [0.15, 0.2) is 0 Å². The number of rotatable bonds is 17. The fourth-order valence-corrected chi connectivity index (χ4v) is 5.82. The van der Waals surface area contributed by atoms with E-state index in [4.69, 9.17) is 0 Å². The van der Waals surface area contributed by atoms with E-state index < -0.39 is 0 Å². The second kappa shape index (κ2) is 15.8. The molecule has 0 N–H and O–H groups in total. The fraction of sp³-hybridized carbons (Fsp3) is 0.531. The minimum absolute atomic E-state index is 1.14. The maximum Gasteiger partial charge on any atom is 0.262 e. The van der Waals surface area contributed by atoms with Gasteiger partial charge in [-0.2, -0.15) is 4.57 Å². The van der Waals surface area contributed by atoms with E-state index in [1.807, 2.05) is 11.3 Å². The van der Waals surface area contributed by atoms with Gasteiger partial charge in [0.05, 0.1) is 0 Å². The molecule has 190 valence electrons. The standard InChI is InChI=1S/C32H47N2S/c1-4-5-6-7-8-9-10-11-12-13-14-15-18-27-33(2)29-24-21-28(22-25-29)23-26-32-34(3)30-19-16-17-20-31(30)35-32/h16-17,19-26H,4-15,18,27H2,1-3H3/q+1. The number of hydrogen-bond donors (Lipinski definition) is 0. The molecule has 2 aromatic carbocycles. The Kier molecular flexibility index (Phi) is 12.4. The van der Waals surface area contributed by atoms with Crippen LogP contribution in [0.4, 0.5) is 5.69 Å². The van der Waals surface area contributed by atoms with Crippen molar-refractivity contribution in [3.63, 3.8) is 0 Å². The lowest BCUT2D eigenvalue weighted by molar-refractivity contribution is -0.642. The first-order chi connectivity index (χ1) is 17.2. The molecule has 2 nitrogen and oxygen atoms in total. The van der Waals surface area contributed by atoms with E-state index in [2.05, 4.69) is 91.2 Å². The lowest BCUT2D eigenvalue weighted by atomic mass is 10.0. The second-order valence-electron chi connectivity index (χ2n) is 10.1. The maximum atomic E-state index is 2.40.